The van der Waals surface area contributed by atoms with Crippen molar-refractivity contribution in [2.24, 2.45) is 5.41 Å². The van der Waals surface area contributed by atoms with E-state index in [1.54, 1.807) is 7.11 Å². The molecule has 24 heavy (non-hydrogen) atoms. The molecule has 1 spiro atoms. The van der Waals surface area contributed by atoms with Crippen LogP contribution < -0.4 is 5.32 Å². The topological polar surface area (TPSA) is 58.6 Å². The number of benzene rings is 1. The normalized spacial score (nSPS) is 27.5. The molecule has 0 aromatic heterocycles. The summed E-state index contributed by atoms with van der Waals surface area (Å²) in [6.45, 7) is 1.71. The van der Waals surface area contributed by atoms with E-state index in [1.807, 2.05) is 29.2 Å². The molecule has 5 heteroatoms. The standard InChI is InChI=1S/C19H24N2O3/c1-24-13-18(8-4-9-18)17(23)21-11-5-10-19(12-21)14-6-2-3-7-15(14)20-16(19)22/h2-3,6-7H,4-5,8-13H2,1H3,(H,20,22)/t19-/m1/s1. The highest BCUT2D eigenvalue weighted by Crippen LogP contribution is 2.47. The molecule has 2 fully saturated rings. The molecule has 1 aliphatic carbocycles. The van der Waals surface area contributed by atoms with Crippen molar-refractivity contribution in [2.45, 2.75) is 37.5 Å². The maximum atomic E-state index is 13.2. The third-order valence-corrected chi connectivity index (χ3v) is 6.09. The van der Waals surface area contributed by atoms with E-state index in [0.29, 0.717) is 13.2 Å². The molecule has 128 valence electrons. The zero-order valence-corrected chi connectivity index (χ0v) is 14.1. The summed E-state index contributed by atoms with van der Waals surface area (Å²) in [4.78, 5) is 27.8. The Hall–Kier alpha value is -1.88. The Morgan fingerprint density at radius 2 is 2.04 bits per heavy atom. The van der Waals surface area contributed by atoms with Crippen LogP contribution in [0.2, 0.25) is 0 Å². The van der Waals surface area contributed by atoms with Gasteiger partial charge in [-0.3, -0.25) is 9.59 Å². The number of nitrogens with one attached hydrogen (secondary N) is 1. The summed E-state index contributed by atoms with van der Waals surface area (Å²) in [6.07, 6.45) is 4.53. The fraction of sp³-hybridized carbons (Fsp3) is 0.579. The first-order valence-electron chi connectivity index (χ1n) is 8.81. The van der Waals surface area contributed by atoms with Crippen LogP contribution in [0.5, 0.6) is 0 Å². The van der Waals surface area contributed by atoms with Crippen molar-refractivity contribution in [3.63, 3.8) is 0 Å². The van der Waals surface area contributed by atoms with Gasteiger partial charge in [-0.1, -0.05) is 24.6 Å². The first-order chi connectivity index (χ1) is 11.6. The summed E-state index contributed by atoms with van der Waals surface area (Å²) in [5.41, 5.74) is 0.999. The molecular weight excluding hydrogens is 304 g/mol. The van der Waals surface area contributed by atoms with Crippen LogP contribution in [0.15, 0.2) is 24.3 Å². The number of ether oxygens (including phenoxy) is 1. The molecule has 2 aliphatic heterocycles. The Morgan fingerprint density at radius 3 is 2.75 bits per heavy atom. The largest absolute Gasteiger partial charge is 0.384 e. The molecule has 1 saturated heterocycles. The number of piperidine rings is 1. The van der Waals surface area contributed by atoms with Gasteiger partial charge < -0.3 is 15.0 Å². The van der Waals surface area contributed by atoms with Crippen LogP contribution in [0.4, 0.5) is 5.69 Å². The number of nitrogens with zero attached hydrogens (tertiary/aromatic N) is 1. The van der Waals surface area contributed by atoms with E-state index < -0.39 is 5.41 Å². The molecule has 1 N–H and O–H groups in total. The van der Waals surface area contributed by atoms with Crippen molar-refractivity contribution in [3.8, 4) is 0 Å². The van der Waals surface area contributed by atoms with Gasteiger partial charge in [0, 0.05) is 25.9 Å². The third kappa shape index (κ3) is 2.10. The van der Waals surface area contributed by atoms with E-state index in [0.717, 1.165) is 49.9 Å². The molecule has 2 amide bonds. The number of para-hydroxylation sites is 1. The molecular formula is C19H24N2O3. The Morgan fingerprint density at radius 1 is 1.25 bits per heavy atom. The third-order valence-electron chi connectivity index (χ3n) is 6.09. The molecule has 0 bridgehead atoms. The maximum absolute atomic E-state index is 13.2. The first-order valence-corrected chi connectivity index (χ1v) is 8.81. The van der Waals surface area contributed by atoms with E-state index in [9.17, 15) is 9.59 Å². The Labute approximate surface area is 142 Å². The Bertz CT molecular complexity index is 683. The zero-order valence-electron chi connectivity index (χ0n) is 14.1. The number of amides is 2. The van der Waals surface area contributed by atoms with Gasteiger partial charge in [0.2, 0.25) is 11.8 Å². The summed E-state index contributed by atoms with van der Waals surface area (Å²) in [5.74, 6) is 0.211. The van der Waals surface area contributed by atoms with Gasteiger partial charge in [0.1, 0.15) is 0 Å². The van der Waals surface area contributed by atoms with Gasteiger partial charge in [0.05, 0.1) is 17.4 Å². The number of fused-ring (bicyclic) bond motifs is 2. The van der Waals surface area contributed by atoms with Crippen molar-refractivity contribution in [1.29, 1.82) is 0 Å². The molecule has 3 aliphatic rings. The predicted molar refractivity (Wildman–Crippen MR) is 90.7 cm³/mol. The van der Waals surface area contributed by atoms with Crippen molar-refractivity contribution in [2.75, 3.05) is 32.1 Å². The highest BCUT2D eigenvalue weighted by molar-refractivity contribution is 6.06. The lowest BCUT2D eigenvalue weighted by molar-refractivity contribution is -0.155. The Kier molecular flexibility index (Phi) is 3.64. The minimum atomic E-state index is -0.581. The predicted octanol–water partition coefficient (Wildman–Crippen LogP) is 2.32. The summed E-state index contributed by atoms with van der Waals surface area (Å²) in [6, 6.07) is 7.88. The minimum Gasteiger partial charge on any atom is -0.384 e. The van der Waals surface area contributed by atoms with Crippen LogP contribution in [0, 0.1) is 5.41 Å². The molecule has 0 unspecified atom stereocenters. The van der Waals surface area contributed by atoms with Gasteiger partial charge in [-0.05, 0) is 37.3 Å². The number of hydrogen-bond acceptors (Lipinski definition) is 3. The molecule has 1 atom stereocenters. The smallest absolute Gasteiger partial charge is 0.236 e. The lowest BCUT2D eigenvalue weighted by Gasteiger charge is -2.47. The maximum Gasteiger partial charge on any atom is 0.236 e. The fourth-order valence-electron chi connectivity index (χ4n) is 4.64. The molecule has 5 nitrogen and oxygen atoms in total. The lowest BCUT2D eigenvalue weighted by Crippen LogP contribution is -2.57. The summed E-state index contributed by atoms with van der Waals surface area (Å²) in [7, 11) is 1.66. The van der Waals surface area contributed by atoms with Crippen molar-refractivity contribution >= 4 is 17.5 Å². The number of anilines is 1. The van der Waals surface area contributed by atoms with E-state index in [4.69, 9.17) is 4.74 Å². The van der Waals surface area contributed by atoms with Crippen LogP contribution in [-0.4, -0.2) is 43.5 Å². The van der Waals surface area contributed by atoms with Gasteiger partial charge in [-0.25, -0.2) is 0 Å². The second-order valence-electron chi connectivity index (χ2n) is 7.48. The van der Waals surface area contributed by atoms with Crippen molar-refractivity contribution in [1.82, 2.24) is 4.90 Å². The second kappa shape index (κ2) is 5.59. The quantitative estimate of drug-likeness (QED) is 0.926. The van der Waals surface area contributed by atoms with Crippen LogP contribution in [0.1, 0.15) is 37.7 Å². The van der Waals surface area contributed by atoms with Gasteiger partial charge in [0.15, 0.2) is 0 Å². The molecule has 4 rings (SSSR count). The summed E-state index contributed by atoms with van der Waals surface area (Å²) < 4.78 is 5.33. The number of carbonyl (C=O) groups is 2. The molecule has 1 saturated carbocycles. The fourth-order valence-corrected chi connectivity index (χ4v) is 4.64. The summed E-state index contributed by atoms with van der Waals surface area (Å²) in [5, 5.41) is 3.01. The lowest BCUT2D eigenvalue weighted by atomic mass is 9.67. The summed E-state index contributed by atoms with van der Waals surface area (Å²) >= 11 is 0. The van der Waals surface area contributed by atoms with Crippen molar-refractivity contribution in [3.05, 3.63) is 29.8 Å². The SMILES string of the molecule is COCC1(C(=O)N2CCC[C@]3(C2)C(=O)Nc2ccccc23)CCC1. The number of carbonyl (C=O) groups excluding carboxylic acids is 2. The average molecular weight is 328 g/mol. The molecule has 0 radical (unpaired) electrons. The highest BCUT2D eigenvalue weighted by Gasteiger charge is 2.53. The number of rotatable bonds is 3. The zero-order chi connectivity index (χ0) is 16.8. The van der Waals surface area contributed by atoms with Gasteiger partial charge >= 0.3 is 0 Å². The van der Waals surface area contributed by atoms with Gasteiger partial charge in [-0.15, -0.1) is 0 Å². The highest BCUT2D eigenvalue weighted by atomic mass is 16.5. The molecule has 1 aromatic rings. The van der Waals surface area contributed by atoms with Crippen LogP contribution >= 0.6 is 0 Å². The minimum absolute atomic E-state index is 0.0376. The van der Waals surface area contributed by atoms with Gasteiger partial charge in [-0.2, -0.15) is 0 Å². The number of hydrogen-bond donors (Lipinski definition) is 1. The Balaban J connectivity index is 1.63. The second-order valence-corrected chi connectivity index (χ2v) is 7.48. The van der Waals surface area contributed by atoms with E-state index in [2.05, 4.69) is 5.32 Å². The van der Waals surface area contributed by atoms with E-state index in [-0.39, 0.29) is 17.2 Å². The average Bonchev–Trinajstić information content (AvgIpc) is 2.83. The van der Waals surface area contributed by atoms with Crippen LogP contribution in [-0.2, 0) is 19.7 Å². The number of likely N-dealkylation sites (tertiary alicyclic amines) is 1. The molecule has 2 heterocycles. The van der Waals surface area contributed by atoms with Gasteiger partial charge in [0.25, 0.3) is 0 Å². The molecule has 1 aromatic carbocycles. The monoisotopic (exact) mass is 328 g/mol. The van der Waals surface area contributed by atoms with Crippen LogP contribution in [0.3, 0.4) is 0 Å². The number of methoxy groups -OCH3 is 1. The first kappa shape index (κ1) is 15.6. The van der Waals surface area contributed by atoms with E-state index >= 15 is 0 Å². The van der Waals surface area contributed by atoms with Crippen LogP contribution in [0.25, 0.3) is 0 Å². The van der Waals surface area contributed by atoms with E-state index in [1.165, 1.54) is 0 Å². The van der Waals surface area contributed by atoms with Crippen molar-refractivity contribution < 1.29 is 14.3 Å².